The summed E-state index contributed by atoms with van der Waals surface area (Å²) in [7, 11) is 0. The van der Waals surface area contributed by atoms with Crippen molar-refractivity contribution in [2.24, 2.45) is 5.92 Å². The lowest BCUT2D eigenvalue weighted by molar-refractivity contribution is -0.141. The third-order valence-electron chi connectivity index (χ3n) is 6.08. The number of fused-ring (bicyclic) bond motifs is 1. The zero-order valence-corrected chi connectivity index (χ0v) is 15.0. The minimum atomic E-state index is -0.00602. The Hall–Kier alpha value is -1.85. The van der Waals surface area contributed by atoms with E-state index < -0.39 is 0 Å². The maximum Gasteiger partial charge on any atom is 0.226 e. The fourth-order valence-corrected chi connectivity index (χ4v) is 4.34. The van der Waals surface area contributed by atoms with E-state index in [1.165, 1.54) is 19.3 Å². The standard InChI is InChI=1S/C19H28N4O2/c1-13-18-21-16(11-17(24)20-15-7-2-3-8-15)12-22(18)9-10-23(13)19(25)14-5-4-6-14/h12-15H,2-11H2,1H3,(H,20,24). The van der Waals surface area contributed by atoms with Gasteiger partial charge in [-0.3, -0.25) is 9.59 Å². The van der Waals surface area contributed by atoms with Gasteiger partial charge in [0.15, 0.2) is 0 Å². The topological polar surface area (TPSA) is 67.2 Å². The molecule has 136 valence electrons. The quantitative estimate of drug-likeness (QED) is 0.910. The molecule has 2 saturated carbocycles. The third kappa shape index (κ3) is 3.31. The van der Waals surface area contributed by atoms with Gasteiger partial charge in [0.25, 0.3) is 0 Å². The Morgan fingerprint density at radius 1 is 1.16 bits per heavy atom. The second kappa shape index (κ2) is 6.81. The van der Waals surface area contributed by atoms with Crippen LogP contribution in [0.4, 0.5) is 0 Å². The smallest absolute Gasteiger partial charge is 0.226 e. The lowest BCUT2D eigenvalue weighted by atomic mass is 9.84. The lowest BCUT2D eigenvalue weighted by Crippen LogP contribution is -2.45. The maximum absolute atomic E-state index is 12.6. The zero-order chi connectivity index (χ0) is 17.4. The summed E-state index contributed by atoms with van der Waals surface area (Å²) in [6, 6.07) is 0.341. The molecule has 0 radical (unpaired) electrons. The first kappa shape index (κ1) is 16.6. The maximum atomic E-state index is 12.6. The second-order valence-corrected chi connectivity index (χ2v) is 7.84. The first-order valence-corrected chi connectivity index (χ1v) is 9.77. The summed E-state index contributed by atoms with van der Waals surface area (Å²) < 4.78 is 2.12. The van der Waals surface area contributed by atoms with E-state index in [-0.39, 0.29) is 23.8 Å². The van der Waals surface area contributed by atoms with Crippen molar-refractivity contribution in [1.29, 1.82) is 0 Å². The Bertz CT molecular complexity index is 658. The first-order valence-electron chi connectivity index (χ1n) is 9.77. The van der Waals surface area contributed by atoms with E-state index in [1.807, 2.05) is 11.1 Å². The van der Waals surface area contributed by atoms with Crippen LogP contribution < -0.4 is 5.32 Å². The van der Waals surface area contributed by atoms with Gasteiger partial charge in [0.1, 0.15) is 5.82 Å². The van der Waals surface area contributed by atoms with Crippen molar-refractivity contribution >= 4 is 11.8 Å². The molecule has 1 aromatic heterocycles. The summed E-state index contributed by atoms with van der Waals surface area (Å²) in [5.74, 6) is 1.49. The molecule has 0 aromatic carbocycles. The van der Waals surface area contributed by atoms with E-state index >= 15 is 0 Å². The summed E-state index contributed by atoms with van der Waals surface area (Å²) in [5, 5.41) is 3.12. The summed E-state index contributed by atoms with van der Waals surface area (Å²) in [6.07, 6.45) is 10.2. The number of nitrogens with one attached hydrogen (secondary N) is 1. The molecule has 0 bridgehead atoms. The van der Waals surface area contributed by atoms with Gasteiger partial charge in [0, 0.05) is 31.2 Å². The molecule has 0 spiro atoms. The van der Waals surface area contributed by atoms with E-state index in [0.717, 1.165) is 50.3 Å². The molecule has 2 heterocycles. The molecule has 0 saturated heterocycles. The second-order valence-electron chi connectivity index (χ2n) is 7.84. The van der Waals surface area contributed by atoms with Crippen LogP contribution in [0.1, 0.15) is 69.4 Å². The van der Waals surface area contributed by atoms with E-state index in [1.54, 1.807) is 0 Å². The molecule has 6 nitrogen and oxygen atoms in total. The summed E-state index contributed by atoms with van der Waals surface area (Å²) in [5.41, 5.74) is 0.815. The van der Waals surface area contributed by atoms with E-state index in [9.17, 15) is 9.59 Å². The van der Waals surface area contributed by atoms with Crippen molar-refractivity contribution < 1.29 is 9.59 Å². The van der Waals surface area contributed by atoms with Crippen molar-refractivity contribution in [3.8, 4) is 0 Å². The molecule has 6 heteroatoms. The zero-order valence-electron chi connectivity index (χ0n) is 15.0. The van der Waals surface area contributed by atoms with Crippen molar-refractivity contribution in [1.82, 2.24) is 19.8 Å². The van der Waals surface area contributed by atoms with Crippen LogP contribution in [0.5, 0.6) is 0 Å². The Morgan fingerprint density at radius 3 is 2.60 bits per heavy atom. The van der Waals surface area contributed by atoms with E-state index in [0.29, 0.717) is 12.5 Å². The fraction of sp³-hybridized carbons (Fsp3) is 0.737. The molecular weight excluding hydrogens is 316 g/mol. The van der Waals surface area contributed by atoms with Gasteiger partial charge >= 0.3 is 0 Å². The molecule has 3 aliphatic rings. The Labute approximate surface area is 149 Å². The number of hydrogen-bond donors (Lipinski definition) is 1. The highest BCUT2D eigenvalue weighted by molar-refractivity contribution is 5.80. The highest BCUT2D eigenvalue weighted by Gasteiger charge is 2.35. The van der Waals surface area contributed by atoms with Gasteiger partial charge in [-0.05, 0) is 32.6 Å². The molecule has 1 unspecified atom stereocenters. The molecule has 1 aromatic rings. The predicted octanol–water partition coefficient (Wildman–Crippen LogP) is 2.19. The summed E-state index contributed by atoms with van der Waals surface area (Å²) in [6.45, 7) is 3.57. The van der Waals surface area contributed by atoms with E-state index in [4.69, 9.17) is 4.98 Å². The van der Waals surface area contributed by atoms with Crippen LogP contribution in [-0.4, -0.2) is 38.9 Å². The predicted molar refractivity (Wildman–Crippen MR) is 93.8 cm³/mol. The van der Waals surface area contributed by atoms with Crippen molar-refractivity contribution in [3.05, 3.63) is 17.7 Å². The normalized spacial score (nSPS) is 24.0. The van der Waals surface area contributed by atoms with Crippen molar-refractivity contribution in [2.75, 3.05) is 6.54 Å². The Balaban J connectivity index is 1.40. The van der Waals surface area contributed by atoms with Gasteiger partial charge in [-0.2, -0.15) is 0 Å². The van der Waals surface area contributed by atoms with Crippen LogP contribution in [0.2, 0.25) is 0 Å². The SMILES string of the molecule is CC1c2nc(CC(=O)NC3CCCC3)cn2CCN1C(=O)C1CCC1. The molecule has 2 aliphatic carbocycles. The number of nitrogens with zero attached hydrogens (tertiary/aromatic N) is 3. The number of rotatable bonds is 4. The van der Waals surface area contributed by atoms with Crippen LogP contribution in [0, 0.1) is 5.92 Å². The van der Waals surface area contributed by atoms with Gasteiger partial charge in [-0.1, -0.05) is 19.3 Å². The van der Waals surface area contributed by atoms with E-state index in [2.05, 4.69) is 16.8 Å². The Kier molecular flexibility index (Phi) is 4.52. The number of imidazole rings is 1. The molecule has 2 fully saturated rings. The minimum Gasteiger partial charge on any atom is -0.353 e. The van der Waals surface area contributed by atoms with Crippen LogP contribution in [0.3, 0.4) is 0 Å². The fourth-order valence-electron chi connectivity index (χ4n) is 4.34. The van der Waals surface area contributed by atoms with Crippen LogP contribution >= 0.6 is 0 Å². The summed E-state index contributed by atoms with van der Waals surface area (Å²) in [4.78, 5) is 31.5. The first-order chi connectivity index (χ1) is 12.1. The molecule has 1 N–H and O–H groups in total. The minimum absolute atomic E-state index is 0.00602. The third-order valence-corrected chi connectivity index (χ3v) is 6.08. The number of carbonyl (C=O) groups excluding carboxylic acids is 2. The van der Waals surface area contributed by atoms with Crippen LogP contribution in [0.25, 0.3) is 0 Å². The average molecular weight is 344 g/mol. The van der Waals surface area contributed by atoms with Crippen LogP contribution in [0.15, 0.2) is 6.20 Å². The number of hydrogen-bond acceptors (Lipinski definition) is 3. The molecule has 25 heavy (non-hydrogen) atoms. The van der Waals surface area contributed by atoms with Gasteiger partial charge in [-0.15, -0.1) is 0 Å². The van der Waals surface area contributed by atoms with Crippen molar-refractivity contribution in [2.45, 2.75) is 76.9 Å². The lowest BCUT2D eigenvalue weighted by Gasteiger charge is -2.38. The Morgan fingerprint density at radius 2 is 1.92 bits per heavy atom. The van der Waals surface area contributed by atoms with Gasteiger partial charge in [0.05, 0.1) is 18.2 Å². The highest BCUT2D eigenvalue weighted by atomic mass is 16.2. The number of aromatic nitrogens is 2. The molecular formula is C19H28N4O2. The van der Waals surface area contributed by atoms with Crippen LogP contribution in [-0.2, 0) is 22.6 Å². The largest absolute Gasteiger partial charge is 0.353 e. The monoisotopic (exact) mass is 344 g/mol. The molecule has 4 rings (SSSR count). The van der Waals surface area contributed by atoms with Gasteiger partial charge < -0.3 is 14.8 Å². The highest BCUT2D eigenvalue weighted by Crippen LogP contribution is 2.33. The molecule has 1 aliphatic heterocycles. The molecule has 2 amide bonds. The van der Waals surface area contributed by atoms with Gasteiger partial charge in [-0.25, -0.2) is 4.98 Å². The summed E-state index contributed by atoms with van der Waals surface area (Å²) >= 11 is 0. The van der Waals surface area contributed by atoms with Gasteiger partial charge in [0.2, 0.25) is 11.8 Å². The number of carbonyl (C=O) groups is 2. The molecule has 1 atom stereocenters. The average Bonchev–Trinajstić information content (AvgIpc) is 3.15. The van der Waals surface area contributed by atoms with Crippen molar-refractivity contribution in [3.63, 3.8) is 0 Å². The number of amides is 2.